The summed E-state index contributed by atoms with van der Waals surface area (Å²) in [5, 5.41) is 11.7. The van der Waals surface area contributed by atoms with E-state index in [1.54, 1.807) is 0 Å². The molecule has 5 rings (SSSR count). The van der Waals surface area contributed by atoms with Crippen molar-refractivity contribution >= 4 is 5.97 Å². The number of likely N-dealkylation sites (tertiary alicyclic amines) is 1. The minimum Gasteiger partial charge on any atom is -0.454 e. The molecule has 2 heterocycles. The van der Waals surface area contributed by atoms with E-state index >= 15 is 0 Å². The number of carbonyl (C=O) groups is 1. The number of likely N-dealkylation sites (N-methyl/N-ethyl adjacent to an activating group) is 1. The summed E-state index contributed by atoms with van der Waals surface area (Å²) < 4.78 is 6.85. The van der Waals surface area contributed by atoms with Gasteiger partial charge in [0.05, 0.1) is 20.1 Å². The molecular weight excluding hydrogens is 400 g/mol. The smallest absolute Gasteiger partial charge is 0.348 e. The number of carbonyl (C=O) groups excluding carboxylic acids is 1. The normalized spacial score (nSPS) is 23.2. The van der Waals surface area contributed by atoms with E-state index < -0.39 is 11.6 Å². The number of pyridine rings is 1. The first kappa shape index (κ1) is 20.9. The Morgan fingerprint density at radius 1 is 1.06 bits per heavy atom. The van der Waals surface area contributed by atoms with E-state index in [-0.39, 0.29) is 6.10 Å². The Labute approximate surface area is 188 Å². The van der Waals surface area contributed by atoms with Crippen LogP contribution in [0.1, 0.15) is 29.7 Å². The molecule has 1 N–H and O–H groups in total. The maximum atomic E-state index is 13.5. The standard InChI is InChI=1S/C27H29N2O3/c1-29(18-15-20-9-6-7-16-28-20)17-8-10-21(19-29)32-26(30)27(31)24-13-4-2-11-22(24)23-12-3-5-14-25(23)27/h2-7,9,11-14,16,21,31H,8,10,15,17-19H2,1H3/q+1. The second kappa shape index (κ2) is 8.15. The van der Waals surface area contributed by atoms with Gasteiger partial charge in [0.2, 0.25) is 5.60 Å². The topological polar surface area (TPSA) is 59.4 Å². The number of hydrogen-bond donors (Lipinski definition) is 1. The summed E-state index contributed by atoms with van der Waals surface area (Å²) >= 11 is 0. The molecule has 0 spiro atoms. The summed E-state index contributed by atoms with van der Waals surface area (Å²) in [4.78, 5) is 17.9. The zero-order valence-electron chi connectivity index (χ0n) is 18.4. The molecular formula is C27H29N2O3+. The van der Waals surface area contributed by atoms with Crippen molar-refractivity contribution in [2.45, 2.75) is 31.0 Å². The first-order valence-electron chi connectivity index (χ1n) is 11.4. The lowest BCUT2D eigenvalue weighted by molar-refractivity contribution is -0.916. The van der Waals surface area contributed by atoms with E-state index in [1.807, 2.05) is 66.9 Å². The average Bonchev–Trinajstić information content (AvgIpc) is 3.09. The quantitative estimate of drug-likeness (QED) is 0.496. The van der Waals surface area contributed by atoms with Crippen LogP contribution in [0.15, 0.2) is 72.9 Å². The van der Waals surface area contributed by atoms with E-state index in [0.29, 0.717) is 11.1 Å². The van der Waals surface area contributed by atoms with Crippen LogP contribution in [0.5, 0.6) is 0 Å². The number of nitrogens with zero attached hydrogens (tertiary/aromatic N) is 2. The third kappa shape index (κ3) is 3.61. The van der Waals surface area contributed by atoms with Gasteiger partial charge in [0.1, 0.15) is 6.54 Å². The molecule has 5 nitrogen and oxygen atoms in total. The predicted molar refractivity (Wildman–Crippen MR) is 123 cm³/mol. The van der Waals surface area contributed by atoms with Gasteiger partial charge in [-0.25, -0.2) is 4.79 Å². The Balaban J connectivity index is 1.34. The fourth-order valence-corrected chi connectivity index (χ4v) is 5.27. The molecule has 3 aromatic rings. The van der Waals surface area contributed by atoms with E-state index in [0.717, 1.165) is 60.2 Å². The fraction of sp³-hybridized carbons (Fsp3) is 0.333. The molecule has 1 aromatic heterocycles. The van der Waals surface area contributed by atoms with Gasteiger partial charge >= 0.3 is 5.97 Å². The second-order valence-electron chi connectivity index (χ2n) is 9.29. The molecule has 2 aromatic carbocycles. The number of esters is 1. The number of benzene rings is 2. The van der Waals surface area contributed by atoms with E-state index in [1.165, 1.54) is 0 Å². The highest BCUT2D eigenvalue weighted by Crippen LogP contribution is 2.48. The number of piperidine rings is 1. The van der Waals surface area contributed by atoms with Gasteiger partial charge in [-0.3, -0.25) is 4.98 Å². The largest absolute Gasteiger partial charge is 0.454 e. The molecule has 1 aliphatic carbocycles. The van der Waals surface area contributed by atoms with Crippen molar-refractivity contribution in [2.24, 2.45) is 0 Å². The molecule has 5 heteroatoms. The summed E-state index contributed by atoms with van der Waals surface area (Å²) in [6.45, 7) is 2.75. The molecule has 1 saturated heterocycles. The maximum absolute atomic E-state index is 13.5. The van der Waals surface area contributed by atoms with E-state index in [4.69, 9.17) is 4.74 Å². The number of ether oxygens (including phenoxy) is 1. The van der Waals surface area contributed by atoms with Crippen LogP contribution in [-0.4, -0.2) is 53.3 Å². The number of aromatic nitrogens is 1. The number of quaternary nitrogens is 1. The highest BCUT2D eigenvalue weighted by Gasteiger charge is 2.50. The zero-order chi connectivity index (χ0) is 22.2. The van der Waals surface area contributed by atoms with Crippen LogP contribution < -0.4 is 0 Å². The molecule has 1 aliphatic heterocycles. The molecule has 0 amide bonds. The third-order valence-corrected chi connectivity index (χ3v) is 7.00. The van der Waals surface area contributed by atoms with Crippen molar-refractivity contribution in [3.63, 3.8) is 0 Å². The van der Waals surface area contributed by atoms with Crippen LogP contribution in [0.25, 0.3) is 11.1 Å². The Morgan fingerprint density at radius 3 is 2.38 bits per heavy atom. The lowest BCUT2D eigenvalue weighted by Gasteiger charge is -2.41. The summed E-state index contributed by atoms with van der Waals surface area (Å²) in [6, 6.07) is 21.1. The third-order valence-electron chi connectivity index (χ3n) is 7.00. The SMILES string of the molecule is C[N+]1(CCc2ccccn2)CCCC(OC(=O)C2(O)c3ccccc3-c3ccccc32)C1. The second-order valence-corrected chi connectivity index (χ2v) is 9.29. The monoisotopic (exact) mass is 429 g/mol. The minimum absolute atomic E-state index is 0.214. The van der Waals surface area contributed by atoms with Crippen molar-refractivity contribution in [1.82, 2.24) is 4.98 Å². The fourth-order valence-electron chi connectivity index (χ4n) is 5.27. The number of fused-ring (bicyclic) bond motifs is 3. The molecule has 32 heavy (non-hydrogen) atoms. The minimum atomic E-state index is -1.76. The van der Waals surface area contributed by atoms with Crippen LogP contribution in [0.2, 0.25) is 0 Å². The Morgan fingerprint density at radius 2 is 1.72 bits per heavy atom. The molecule has 2 atom stereocenters. The summed E-state index contributed by atoms with van der Waals surface area (Å²) in [5.41, 5.74) is 2.31. The maximum Gasteiger partial charge on any atom is 0.348 e. The molecule has 164 valence electrons. The first-order valence-corrected chi connectivity index (χ1v) is 11.4. The van der Waals surface area contributed by atoms with Gasteiger partial charge < -0.3 is 14.3 Å². The van der Waals surface area contributed by atoms with Gasteiger partial charge in [0.15, 0.2) is 6.10 Å². The highest BCUT2D eigenvalue weighted by atomic mass is 16.6. The molecule has 2 aliphatic rings. The molecule has 0 saturated carbocycles. The first-order chi connectivity index (χ1) is 15.5. The average molecular weight is 430 g/mol. The van der Waals surface area contributed by atoms with E-state index in [2.05, 4.69) is 18.1 Å². The van der Waals surface area contributed by atoms with Crippen molar-refractivity contribution in [1.29, 1.82) is 0 Å². The number of aliphatic hydroxyl groups is 1. The van der Waals surface area contributed by atoms with Crippen molar-refractivity contribution in [3.05, 3.63) is 89.7 Å². The van der Waals surface area contributed by atoms with Gasteiger partial charge in [-0.15, -0.1) is 0 Å². The van der Waals surface area contributed by atoms with Crippen molar-refractivity contribution in [3.8, 4) is 11.1 Å². The highest BCUT2D eigenvalue weighted by molar-refractivity contribution is 5.96. The van der Waals surface area contributed by atoms with E-state index in [9.17, 15) is 9.90 Å². The number of rotatable bonds is 5. The number of hydrogen-bond acceptors (Lipinski definition) is 4. The molecule has 2 unspecified atom stereocenters. The van der Waals surface area contributed by atoms with Gasteiger partial charge in [0, 0.05) is 35.9 Å². The van der Waals surface area contributed by atoms with Gasteiger partial charge in [-0.1, -0.05) is 54.6 Å². The lowest BCUT2D eigenvalue weighted by Crippen LogP contribution is -2.55. The van der Waals surface area contributed by atoms with Crippen LogP contribution in [-0.2, 0) is 21.6 Å². The zero-order valence-corrected chi connectivity index (χ0v) is 18.4. The molecule has 1 fully saturated rings. The van der Waals surface area contributed by atoms with Crippen molar-refractivity contribution in [2.75, 3.05) is 26.7 Å². The van der Waals surface area contributed by atoms with Crippen LogP contribution >= 0.6 is 0 Å². The van der Waals surface area contributed by atoms with Gasteiger partial charge in [-0.2, -0.15) is 0 Å². The van der Waals surface area contributed by atoms with Crippen LogP contribution in [0.3, 0.4) is 0 Å². The molecule has 0 radical (unpaired) electrons. The van der Waals surface area contributed by atoms with Gasteiger partial charge in [-0.05, 0) is 29.7 Å². The van der Waals surface area contributed by atoms with Crippen LogP contribution in [0.4, 0.5) is 0 Å². The lowest BCUT2D eigenvalue weighted by atomic mass is 9.91. The summed E-state index contributed by atoms with van der Waals surface area (Å²) in [5.74, 6) is -0.571. The Bertz CT molecular complexity index is 1090. The summed E-state index contributed by atoms with van der Waals surface area (Å²) in [6.07, 6.45) is 4.32. The van der Waals surface area contributed by atoms with Crippen LogP contribution in [0, 0.1) is 0 Å². The van der Waals surface area contributed by atoms with Crippen molar-refractivity contribution < 1.29 is 19.1 Å². The summed E-state index contributed by atoms with van der Waals surface area (Å²) in [7, 11) is 2.22. The van der Waals surface area contributed by atoms with Gasteiger partial charge in [0.25, 0.3) is 0 Å². The predicted octanol–water partition coefficient (Wildman–Crippen LogP) is 3.69. The Hall–Kier alpha value is -3.02. The Kier molecular flexibility index (Phi) is 5.31. The molecule has 0 bridgehead atoms.